The maximum absolute atomic E-state index is 12.7. The van der Waals surface area contributed by atoms with Gasteiger partial charge in [-0.05, 0) is 33.6 Å². The number of hydrogen-bond donors (Lipinski definition) is 1. The lowest BCUT2D eigenvalue weighted by atomic mass is 10.1. The molecule has 0 saturated heterocycles. The molecular weight excluding hydrogens is 279 g/mol. The monoisotopic (exact) mass is 286 g/mol. The van der Waals surface area contributed by atoms with E-state index in [0.29, 0.717) is 5.13 Å². The van der Waals surface area contributed by atoms with Gasteiger partial charge in [0.1, 0.15) is 10.4 Å². The van der Waals surface area contributed by atoms with Crippen LogP contribution in [0.25, 0.3) is 0 Å². The zero-order valence-corrected chi connectivity index (χ0v) is 10.1. The van der Waals surface area contributed by atoms with Crippen molar-refractivity contribution < 1.29 is 4.39 Å². The Bertz CT molecular complexity index is 467. The van der Waals surface area contributed by atoms with Gasteiger partial charge >= 0.3 is 0 Å². The Morgan fingerprint density at radius 2 is 2.00 bits per heavy atom. The molecule has 0 aliphatic rings. The fourth-order valence-corrected chi connectivity index (χ4v) is 2.70. The highest BCUT2D eigenvalue weighted by atomic mass is 79.9. The minimum atomic E-state index is -0.221. The highest BCUT2D eigenvalue weighted by molar-refractivity contribution is 9.10. The molecule has 1 aromatic carbocycles. The molecule has 0 amide bonds. The number of anilines is 1. The van der Waals surface area contributed by atoms with Crippen molar-refractivity contribution in [3.05, 3.63) is 45.1 Å². The fraction of sp³-hybridized carbons (Fsp3) is 0.100. The molecule has 2 N–H and O–H groups in total. The molecule has 0 unspecified atom stereocenters. The number of rotatable bonds is 2. The lowest BCUT2D eigenvalue weighted by Crippen LogP contribution is -1.86. The normalized spacial score (nSPS) is 10.5. The summed E-state index contributed by atoms with van der Waals surface area (Å²) in [4.78, 5) is 5.12. The lowest BCUT2D eigenvalue weighted by Gasteiger charge is -1.98. The van der Waals surface area contributed by atoms with Crippen molar-refractivity contribution in [2.45, 2.75) is 6.42 Å². The maximum Gasteiger partial charge on any atom is 0.181 e. The van der Waals surface area contributed by atoms with Gasteiger partial charge in [0, 0.05) is 11.3 Å². The predicted molar refractivity (Wildman–Crippen MR) is 63.4 cm³/mol. The molecule has 1 heterocycles. The molecule has 15 heavy (non-hydrogen) atoms. The van der Waals surface area contributed by atoms with E-state index < -0.39 is 0 Å². The van der Waals surface area contributed by atoms with Gasteiger partial charge in [0.15, 0.2) is 5.13 Å². The Morgan fingerprint density at radius 1 is 1.33 bits per heavy atom. The topological polar surface area (TPSA) is 38.9 Å². The fourth-order valence-electron chi connectivity index (χ4n) is 1.25. The maximum atomic E-state index is 12.7. The van der Waals surface area contributed by atoms with E-state index in [1.807, 2.05) is 0 Å². The van der Waals surface area contributed by atoms with E-state index >= 15 is 0 Å². The summed E-state index contributed by atoms with van der Waals surface area (Å²) in [6.07, 6.45) is 0.718. The first-order valence-electron chi connectivity index (χ1n) is 4.30. The number of aromatic nitrogens is 1. The van der Waals surface area contributed by atoms with Crippen LogP contribution in [0.2, 0.25) is 0 Å². The zero-order valence-electron chi connectivity index (χ0n) is 7.71. The van der Waals surface area contributed by atoms with E-state index in [1.54, 1.807) is 12.1 Å². The molecule has 0 bridgehead atoms. The van der Waals surface area contributed by atoms with Crippen molar-refractivity contribution in [3.63, 3.8) is 0 Å². The number of benzene rings is 1. The standard InChI is InChI=1S/C10H8BrFN2S/c11-9-8(15-10(13)14-9)5-6-1-3-7(12)4-2-6/h1-4H,5H2,(H2,13,14). The van der Waals surface area contributed by atoms with Gasteiger partial charge in [-0.25, -0.2) is 9.37 Å². The molecule has 2 aromatic rings. The number of thiazole rings is 1. The first kappa shape index (κ1) is 10.6. The van der Waals surface area contributed by atoms with Crippen LogP contribution in [0.1, 0.15) is 10.4 Å². The van der Waals surface area contributed by atoms with E-state index in [9.17, 15) is 4.39 Å². The molecule has 0 radical (unpaired) electrons. The van der Waals surface area contributed by atoms with E-state index in [2.05, 4.69) is 20.9 Å². The van der Waals surface area contributed by atoms with E-state index in [-0.39, 0.29) is 5.82 Å². The van der Waals surface area contributed by atoms with Crippen LogP contribution in [0.5, 0.6) is 0 Å². The van der Waals surface area contributed by atoms with Gasteiger partial charge in [-0.3, -0.25) is 0 Å². The quantitative estimate of drug-likeness (QED) is 0.921. The SMILES string of the molecule is Nc1nc(Br)c(Cc2ccc(F)cc2)s1. The first-order valence-corrected chi connectivity index (χ1v) is 5.91. The van der Waals surface area contributed by atoms with Gasteiger partial charge in [0.25, 0.3) is 0 Å². The molecule has 0 aliphatic carbocycles. The summed E-state index contributed by atoms with van der Waals surface area (Å²) in [5.74, 6) is -0.221. The largest absolute Gasteiger partial charge is 0.375 e. The highest BCUT2D eigenvalue weighted by Crippen LogP contribution is 2.27. The Morgan fingerprint density at radius 3 is 2.53 bits per heavy atom. The Hall–Kier alpha value is -0.940. The van der Waals surface area contributed by atoms with Gasteiger partial charge in [0.05, 0.1) is 0 Å². The molecule has 2 rings (SSSR count). The molecular formula is C10H8BrFN2S. The molecule has 1 aromatic heterocycles. The summed E-state index contributed by atoms with van der Waals surface area (Å²) in [7, 11) is 0. The van der Waals surface area contributed by atoms with E-state index in [0.717, 1.165) is 21.5 Å². The average Bonchev–Trinajstić information content (AvgIpc) is 2.49. The van der Waals surface area contributed by atoms with Gasteiger partial charge in [-0.1, -0.05) is 12.1 Å². The van der Waals surface area contributed by atoms with Crippen LogP contribution in [0.3, 0.4) is 0 Å². The van der Waals surface area contributed by atoms with Crippen molar-refractivity contribution in [1.29, 1.82) is 0 Å². The van der Waals surface area contributed by atoms with E-state index in [4.69, 9.17) is 5.73 Å². The smallest absolute Gasteiger partial charge is 0.181 e. The first-order chi connectivity index (χ1) is 7.15. The van der Waals surface area contributed by atoms with Crippen molar-refractivity contribution >= 4 is 32.4 Å². The van der Waals surface area contributed by atoms with Crippen molar-refractivity contribution in [1.82, 2.24) is 4.98 Å². The molecule has 78 valence electrons. The Labute approximate surface area is 99.1 Å². The van der Waals surface area contributed by atoms with Gasteiger partial charge in [0.2, 0.25) is 0 Å². The van der Waals surface area contributed by atoms with Gasteiger partial charge in [-0.15, -0.1) is 11.3 Å². The van der Waals surface area contributed by atoms with Crippen LogP contribution in [0, 0.1) is 5.82 Å². The van der Waals surface area contributed by atoms with Crippen LogP contribution in [-0.4, -0.2) is 4.98 Å². The lowest BCUT2D eigenvalue weighted by molar-refractivity contribution is 0.627. The number of hydrogen-bond acceptors (Lipinski definition) is 3. The van der Waals surface area contributed by atoms with Crippen molar-refractivity contribution in [2.24, 2.45) is 0 Å². The van der Waals surface area contributed by atoms with Crippen LogP contribution in [0.4, 0.5) is 9.52 Å². The van der Waals surface area contributed by atoms with Gasteiger partial charge < -0.3 is 5.73 Å². The summed E-state index contributed by atoms with van der Waals surface area (Å²) in [5.41, 5.74) is 6.62. The number of nitrogens with zero attached hydrogens (tertiary/aromatic N) is 1. The second kappa shape index (κ2) is 4.28. The molecule has 0 saturated carbocycles. The summed E-state index contributed by atoms with van der Waals surface area (Å²) in [6, 6.07) is 6.43. The molecule has 0 aliphatic heterocycles. The molecule has 0 atom stereocenters. The number of halogens is 2. The number of nitrogens with two attached hydrogens (primary N) is 1. The molecule has 5 heteroatoms. The van der Waals surface area contributed by atoms with Crippen LogP contribution < -0.4 is 5.73 Å². The number of nitrogen functional groups attached to an aromatic ring is 1. The molecule has 0 fully saturated rings. The Balaban J connectivity index is 2.21. The zero-order chi connectivity index (χ0) is 10.8. The third kappa shape index (κ3) is 2.54. The van der Waals surface area contributed by atoms with E-state index in [1.165, 1.54) is 23.5 Å². The average molecular weight is 287 g/mol. The highest BCUT2D eigenvalue weighted by Gasteiger charge is 2.07. The van der Waals surface area contributed by atoms with Crippen LogP contribution in [-0.2, 0) is 6.42 Å². The third-order valence-electron chi connectivity index (χ3n) is 1.94. The summed E-state index contributed by atoms with van der Waals surface area (Å²) in [5, 5.41) is 0.541. The summed E-state index contributed by atoms with van der Waals surface area (Å²) < 4.78 is 13.4. The van der Waals surface area contributed by atoms with Gasteiger partial charge in [-0.2, -0.15) is 0 Å². The molecule has 2 nitrogen and oxygen atoms in total. The Kier molecular flexibility index (Phi) is 3.02. The summed E-state index contributed by atoms with van der Waals surface area (Å²) >= 11 is 4.77. The predicted octanol–water partition coefficient (Wildman–Crippen LogP) is 3.22. The van der Waals surface area contributed by atoms with Crippen molar-refractivity contribution in [3.8, 4) is 0 Å². The minimum Gasteiger partial charge on any atom is -0.375 e. The second-order valence-corrected chi connectivity index (χ2v) is 4.94. The third-order valence-corrected chi connectivity index (χ3v) is 3.75. The van der Waals surface area contributed by atoms with Crippen LogP contribution in [0.15, 0.2) is 28.9 Å². The van der Waals surface area contributed by atoms with Crippen LogP contribution >= 0.6 is 27.3 Å². The summed E-state index contributed by atoms with van der Waals surface area (Å²) in [6.45, 7) is 0. The second-order valence-electron chi connectivity index (χ2n) is 3.07. The van der Waals surface area contributed by atoms with Crippen molar-refractivity contribution in [2.75, 3.05) is 5.73 Å². The minimum absolute atomic E-state index is 0.221. The molecule has 0 spiro atoms.